The van der Waals surface area contributed by atoms with Gasteiger partial charge in [0.2, 0.25) is 0 Å². The molecule has 16 heavy (non-hydrogen) atoms. The quantitative estimate of drug-likeness (QED) is 0.482. The van der Waals surface area contributed by atoms with Gasteiger partial charge in [-0.1, -0.05) is 34.5 Å². The number of hydrogen-bond donors (Lipinski definition) is 0. The molecule has 0 amide bonds. The highest BCUT2D eigenvalue weighted by atomic mass is 79.9. The van der Waals surface area contributed by atoms with Crippen molar-refractivity contribution in [1.29, 1.82) is 0 Å². The Balaban J connectivity index is 2.09. The molecule has 2 unspecified atom stereocenters. The Hall–Kier alpha value is -0.900. The SMILES string of the molecule is O=[N+]([O-])c1cccc(CC2CCCC2Br)c1. The van der Waals surface area contributed by atoms with E-state index in [0.717, 1.165) is 12.0 Å². The molecule has 4 heteroatoms. The summed E-state index contributed by atoms with van der Waals surface area (Å²) in [5.74, 6) is 0.627. The molecule has 0 aromatic heterocycles. The lowest BCUT2D eigenvalue weighted by Gasteiger charge is -2.13. The molecule has 2 atom stereocenters. The van der Waals surface area contributed by atoms with Crippen LogP contribution in [0.5, 0.6) is 0 Å². The number of nitro benzene ring substituents is 1. The molecule has 1 aliphatic rings. The van der Waals surface area contributed by atoms with Crippen LogP contribution in [0.4, 0.5) is 5.69 Å². The van der Waals surface area contributed by atoms with Crippen LogP contribution in [0.15, 0.2) is 24.3 Å². The van der Waals surface area contributed by atoms with Gasteiger partial charge < -0.3 is 0 Å². The van der Waals surface area contributed by atoms with Crippen LogP contribution >= 0.6 is 15.9 Å². The summed E-state index contributed by atoms with van der Waals surface area (Å²) in [5, 5.41) is 10.7. The van der Waals surface area contributed by atoms with Crippen molar-refractivity contribution in [3.05, 3.63) is 39.9 Å². The Morgan fingerprint density at radius 2 is 2.25 bits per heavy atom. The first-order valence-electron chi connectivity index (χ1n) is 5.54. The van der Waals surface area contributed by atoms with Crippen molar-refractivity contribution in [2.24, 2.45) is 5.92 Å². The first-order valence-corrected chi connectivity index (χ1v) is 6.46. The summed E-state index contributed by atoms with van der Waals surface area (Å²) in [6.07, 6.45) is 4.64. The van der Waals surface area contributed by atoms with Gasteiger partial charge in [-0.25, -0.2) is 0 Å². The first kappa shape index (κ1) is 11.6. The van der Waals surface area contributed by atoms with E-state index in [1.54, 1.807) is 18.2 Å². The van der Waals surface area contributed by atoms with E-state index in [0.29, 0.717) is 10.7 Å². The van der Waals surface area contributed by atoms with E-state index in [2.05, 4.69) is 15.9 Å². The van der Waals surface area contributed by atoms with Gasteiger partial charge in [-0.2, -0.15) is 0 Å². The molecule has 0 radical (unpaired) electrons. The van der Waals surface area contributed by atoms with Crippen LogP contribution in [0.25, 0.3) is 0 Å². The van der Waals surface area contributed by atoms with Crippen LogP contribution in [0, 0.1) is 16.0 Å². The summed E-state index contributed by atoms with van der Waals surface area (Å²) in [6, 6.07) is 6.98. The fourth-order valence-corrected chi connectivity index (χ4v) is 3.10. The molecule has 1 aromatic rings. The minimum Gasteiger partial charge on any atom is -0.258 e. The normalized spacial score (nSPS) is 24.6. The second-order valence-electron chi connectivity index (χ2n) is 4.34. The molecule has 0 N–H and O–H groups in total. The molecule has 1 aliphatic carbocycles. The molecule has 1 fully saturated rings. The van der Waals surface area contributed by atoms with Crippen molar-refractivity contribution in [2.75, 3.05) is 0 Å². The van der Waals surface area contributed by atoms with Gasteiger partial charge in [-0.05, 0) is 30.7 Å². The van der Waals surface area contributed by atoms with Crippen LogP contribution in [0.1, 0.15) is 24.8 Å². The van der Waals surface area contributed by atoms with Crippen molar-refractivity contribution in [1.82, 2.24) is 0 Å². The largest absolute Gasteiger partial charge is 0.269 e. The van der Waals surface area contributed by atoms with Crippen LogP contribution < -0.4 is 0 Å². The monoisotopic (exact) mass is 283 g/mol. The summed E-state index contributed by atoms with van der Waals surface area (Å²) in [6.45, 7) is 0. The number of halogens is 1. The standard InChI is InChI=1S/C12H14BrNO2/c13-12-6-2-4-10(12)7-9-3-1-5-11(8-9)14(15)16/h1,3,5,8,10,12H,2,4,6-7H2. The summed E-state index contributed by atoms with van der Waals surface area (Å²) < 4.78 is 0. The number of nitrogens with zero attached hydrogens (tertiary/aromatic N) is 1. The number of non-ortho nitro benzene ring substituents is 1. The minimum atomic E-state index is -0.330. The van der Waals surface area contributed by atoms with Crippen LogP contribution in [-0.2, 0) is 6.42 Å². The number of nitro groups is 1. The summed E-state index contributed by atoms with van der Waals surface area (Å²) in [5.41, 5.74) is 1.27. The average molecular weight is 284 g/mol. The molecule has 0 saturated heterocycles. The zero-order valence-electron chi connectivity index (χ0n) is 8.93. The van der Waals surface area contributed by atoms with Crippen LogP contribution in [-0.4, -0.2) is 9.75 Å². The van der Waals surface area contributed by atoms with Gasteiger partial charge in [0, 0.05) is 17.0 Å². The summed E-state index contributed by atoms with van der Waals surface area (Å²) >= 11 is 3.68. The van der Waals surface area contributed by atoms with Gasteiger partial charge in [0.25, 0.3) is 5.69 Å². The average Bonchev–Trinajstić information content (AvgIpc) is 2.65. The second kappa shape index (κ2) is 4.95. The van der Waals surface area contributed by atoms with Gasteiger partial charge in [-0.3, -0.25) is 10.1 Å². The third-order valence-electron chi connectivity index (χ3n) is 3.19. The summed E-state index contributed by atoms with van der Waals surface area (Å²) in [7, 11) is 0. The van der Waals surface area contributed by atoms with Crippen LogP contribution in [0.3, 0.4) is 0 Å². The van der Waals surface area contributed by atoms with E-state index in [9.17, 15) is 10.1 Å². The highest BCUT2D eigenvalue weighted by Gasteiger charge is 2.25. The topological polar surface area (TPSA) is 43.1 Å². The fraction of sp³-hybridized carbons (Fsp3) is 0.500. The Morgan fingerprint density at radius 3 is 2.88 bits per heavy atom. The fourth-order valence-electron chi connectivity index (χ4n) is 2.32. The van der Waals surface area contributed by atoms with Gasteiger partial charge in [-0.15, -0.1) is 0 Å². The molecule has 2 rings (SSSR count). The molecular formula is C12H14BrNO2. The van der Waals surface area contributed by atoms with Gasteiger partial charge in [0.05, 0.1) is 4.92 Å². The Kier molecular flexibility index (Phi) is 3.59. The lowest BCUT2D eigenvalue weighted by molar-refractivity contribution is -0.384. The van der Waals surface area contributed by atoms with Crippen molar-refractivity contribution in [2.45, 2.75) is 30.5 Å². The molecule has 3 nitrogen and oxygen atoms in total. The maximum absolute atomic E-state index is 10.7. The second-order valence-corrected chi connectivity index (χ2v) is 5.51. The number of benzene rings is 1. The molecular weight excluding hydrogens is 270 g/mol. The smallest absolute Gasteiger partial charge is 0.258 e. The molecule has 1 aromatic carbocycles. The Labute approximate surface area is 103 Å². The van der Waals surface area contributed by atoms with E-state index in [1.807, 2.05) is 6.07 Å². The molecule has 0 heterocycles. The molecule has 0 bridgehead atoms. The van der Waals surface area contributed by atoms with E-state index < -0.39 is 0 Å². The maximum Gasteiger partial charge on any atom is 0.269 e. The molecule has 0 spiro atoms. The van der Waals surface area contributed by atoms with E-state index in [-0.39, 0.29) is 10.6 Å². The highest BCUT2D eigenvalue weighted by Crippen LogP contribution is 2.34. The zero-order valence-corrected chi connectivity index (χ0v) is 10.5. The lowest BCUT2D eigenvalue weighted by atomic mass is 9.98. The zero-order chi connectivity index (χ0) is 11.5. The Bertz CT molecular complexity index is 394. The van der Waals surface area contributed by atoms with Gasteiger partial charge in [0.1, 0.15) is 0 Å². The third-order valence-corrected chi connectivity index (χ3v) is 4.39. The predicted molar refractivity (Wildman–Crippen MR) is 66.9 cm³/mol. The van der Waals surface area contributed by atoms with Gasteiger partial charge >= 0.3 is 0 Å². The number of alkyl halides is 1. The summed E-state index contributed by atoms with van der Waals surface area (Å²) in [4.78, 5) is 10.9. The third kappa shape index (κ3) is 2.61. The number of rotatable bonds is 3. The lowest BCUT2D eigenvalue weighted by Crippen LogP contribution is -2.09. The Morgan fingerprint density at radius 1 is 1.44 bits per heavy atom. The predicted octanol–water partition coefficient (Wildman–Crippen LogP) is 3.70. The van der Waals surface area contributed by atoms with Crippen LogP contribution in [0.2, 0.25) is 0 Å². The minimum absolute atomic E-state index is 0.196. The van der Waals surface area contributed by atoms with Crippen molar-refractivity contribution in [3.8, 4) is 0 Å². The van der Waals surface area contributed by atoms with E-state index in [4.69, 9.17) is 0 Å². The molecule has 0 aliphatic heterocycles. The van der Waals surface area contributed by atoms with Crippen molar-refractivity contribution >= 4 is 21.6 Å². The first-order chi connectivity index (χ1) is 7.66. The van der Waals surface area contributed by atoms with E-state index in [1.165, 1.54) is 19.3 Å². The van der Waals surface area contributed by atoms with Gasteiger partial charge in [0.15, 0.2) is 0 Å². The van der Waals surface area contributed by atoms with E-state index >= 15 is 0 Å². The van der Waals surface area contributed by atoms with Crippen molar-refractivity contribution < 1.29 is 4.92 Å². The molecule has 1 saturated carbocycles. The number of hydrogen-bond acceptors (Lipinski definition) is 2. The maximum atomic E-state index is 10.7. The highest BCUT2D eigenvalue weighted by molar-refractivity contribution is 9.09. The molecule has 86 valence electrons. The van der Waals surface area contributed by atoms with Crippen molar-refractivity contribution in [3.63, 3.8) is 0 Å².